The molecule has 3 amide bonds. The third-order valence-corrected chi connectivity index (χ3v) is 9.87. The number of rotatable bonds is 12. The van der Waals surface area contributed by atoms with E-state index >= 15 is 0 Å². The zero-order valence-corrected chi connectivity index (χ0v) is 29.3. The number of aliphatic hydroxyl groups is 2. The van der Waals surface area contributed by atoms with Crippen molar-refractivity contribution in [2.45, 2.75) is 43.6 Å². The topological polar surface area (TPSA) is 258 Å². The molecule has 1 aliphatic rings. The number of nitrogens with zero attached hydrogens (tertiary/aromatic N) is 5. The van der Waals surface area contributed by atoms with Crippen molar-refractivity contribution in [2.75, 3.05) is 17.2 Å². The van der Waals surface area contributed by atoms with Crippen LogP contribution in [-0.2, 0) is 27.4 Å². The first-order valence-corrected chi connectivity index (χ1v) is 16.9. The molecule has 1 aliphatic heterocycles. The second kappa shape index (κ2) is 15.5. The van der Waals surface area contributed by atoms with E-state index in [9.17, 15) is 43.2 Å². The van der Waals surface area contributed by atoms with Gasteiger partial charge in [-0.1, -0.05) is 40.3 Å². The predicted octanol–water partition coefficient (Wildman–Crippen LogP) is 3.27. The first kappa shape index (κ1) is 38.2. The summed E-state index contributed by atoms with van der Waals surface area (Å²) in [4.78, 5) is 72.1. The van der Waals surface area contributed by atoms with Gasteiger partial charge in [0.25, 0.3) is 5.91 Å². The fourth-order valence-electron chi connectivity index (χ4n) is 5.27. The van der Waals surface area contributed by atoms with Gasteiger partial charge in [-0.05, 0) is 34.8 Å². The number of alkyl halides is 2. The molecule has 0 aliphatic carbocycles. The number of thiophene rings is 1. The van der Waals surface area contributed by atoms with Crippen LogP contribution in [0.4, 0.5) is 31.0 Å². The number of nitrogens with one attached hydrogen (secondary N) is 4. The molecule has 6 N–H and O–H groups in total. The summed E-state index contributed by atoms with van der Waals surface area (Å²) in [6.07, 6.45) is -3.99. The summed E-state index contributed by atoms with van der Waals surface area (Å²) in [5.41, 5.74) is -0.0780. The zero-order valence-electron chi connectivity index (χ0n) is 26.9. The van der Waals surface area contributed by atoms with Crippen LogP contribution in [0.25, 0.3) is 10.2 Å². The Morgan fingerprint density at radius 2 is 1.93 bits per heavy atom. The molecule has 5 aromatic rings. The number of hydrogen-bond donors (Lipinski definition) is 6. The van der Waals surface area contributed by atoms with Crippen molar-refractivity contribution in [1.82, 2.24) is 29.4 Å². The predicted molar refractivity (Wildman–Crippen MR) is 186 cm³/mol. The van der Waals surface area contributed by atoms with E-state index in [0.29, 0.717) is 24.7 Å². The lowest BCUT2D eigenvalue weighted by atomic mass is 10.1. The highest BCUT2D eigenvalue weighted by Crippen LogP contribution is 2.42. The Morgan fingerprint density at radius 1 is 1.19 bits per heavy atom. The second-order valence-electron chi connectivity index (χ2n) is 11.5. The minimum atomic E-state index is -3.92. The number of aromatic nitrogens is 5. The molecular weight excluding hydrogens is 787 g/mol. The molecule has 0 radical (unpaired) electrons. The van der Waals surface area contributed by atoms with Crippen molar-refractivity contribution in [3.05, 3.63) is 96.2 Å². The number of H-pyrrole nitrogens is 1. The quantitative estimate of drug-likeness (QED) is 0.0784. The van der Waals surface area contributed by atoms with Crippen LogP contribution in [0.3, 0.4) is 0 Å². The van der Waals surface area contributed by atoms with Crippen LogP contribution in [0.2, 0.25) is 9.36 Å². The lowest BCUT2D eigenvalue weighted by Crippen LogP contribution is -2.46. The summed E-state index contributed by atoms with van der Waals surface area (Å²) in [5, 5.41) is 37.9. The largest absolute Gasteiger partial charge is 0.444 e. The summed E-state index contributed by atoms with van der Waals surface area (Å²) >= 11 is 13.4. The van der Waals surface area contributed by atoms with E-state index in [1.54, 1.807) is 0 Å². The number of imidazole rings is 1. The highest BCUT2D eigenvalue weighted by atomic mass is 35.5. The fraction of sp³-hybridized carbons (Fsp3) is 0.267. The molecule has 19 nitrogen and oxygen atoms in total. The first-order chi connectivity index (χ1) is 25.7. The number of ether oxygens (including phenoxy) is 2. The van der Waals surface area contributed by atoms with E-state index in [0.717, 1.165) is 28.2 Å². The summed E-state index contributed by atoms with van der Waals surface area (Å²) in [5.74, 6) is -6.27. The molecule has 1 fully saturated rings. The van der Waals surface area contributed by atoms with Crippen LogP contribution in [-0.4, -0.2) is 87.9 Å². The number of carbonyl (C=O) groups excluding carboxylic acids is 3. The van der Waals surface area contributed by atoms with Crippen LogP contribution in [0.5, 0.6) is 0 Å². The SMILES string of the molecule is O=C(Nc1ccn([C@@H]2O[C@H](CO)[C@@H](O)C2(F)F)c(=O)n1)OCc1ccc(NC(=O)[C@H](Cn2ccnc2[N+](=O)[O-])NC(=O)c2cc3sc(Cl)c(Cl)c3[nH]2)cc1. The lowest BCUT2D eigenvalue weighted by molar-refractivity contribution is -0.396. The molecular formula is C30H25Cl2F2N9O10S. The Labute approximate surface area is 313 Å². The fourth-order valence-corrected chi connectivity index (χ4v) is 6.75. The van der Waals surface area contributed by atoms with Gasteiger partial charge < -0.3 is 45.4 Å². The number of benzene rings is 1. The Morgan fingerprint density at radius 3 is 2.57 bits per heavy atom. The number of aliphatic hydroxyl groups excluding tert-OH is 2. The number of aromatic amines is 1. The molecule has 0 spiro atoms. The molecule has 0 unspecified atom stereocenters. The van der Waals surface area contributed by atoms with E-state index in [-0.39, 0.29) is 35.4 Å². The van der Waals surface area contributed by atoms with Crippen molar-refractivity contribution in [3.63, 3.8) is 0 Å². The van der Waals surface area contributed by atoms with Crippen LogP contribution < -0.4 is 21.6 Å². The molecule has 6 rings (SSSR count). The van der Waals surface area contributed by atoms with Gasteiger partial charge in [-0.15, -0.1) is 11.3 Å². The van der Waals surface area contributed by atoms with E-state index < -0.39 is 71.5 Å². The number of carbonyl (C=O) groups is 3. The van der Waals surface area contributed by atoms with Crippen LogP contribution in [0.15, 0.2) is 59.8 Å². The van der Waals surface area contributed by atoms with Crippen LogP contribution >= 0.6 is 34.5 Å². The Kier molecular flexibility index (Phi) is 10.9. The van der Waals surface area contributed by atoms with E-state index in [1.807, 2.05) is 0 Å². The maximum absolute atomic E-state index is 14.4. The van der Waals surface area contributed by atoms with Gasteiger partial charge in [0.05, 0.1) is 21.8 Å². The molecule has 5 heterocycles. The third kappa shape index (κ3) is 7.88. The summed E-state index contributed by atoms with van der Waals surface area (Å²) in [6, 6.07) is 7.06. The highest BCUT2D eigenvalue weighted by Gasteiger charge is 2.59. The highest BCUT2D eigenvalue weighted by molar-refractivity contribution is 7.23. The molecule has 4 atom stereocenters. The van der Waals surface area contributed by atoms with Gasteiger partial charge in [0.2, 0.25) is 12.1 Å². The summed E-state index contributed by atoms with van der Waals surface area (Å²) in [7, 11) is 0. The Hall–Kier alpha value is -5.52. The molecule has 284 valence electrons. The van der Waals surface area contributed by atoms with Gasteiger partial charge in [-0.25, -0.2) is 14.2 Å². The number of halogens is 4. The van der Waals surface area contributed by atoms with Crippen LogP contribution in [0, 0.1) is 10.1 Å². The van der Waals surface area contributed by atoms with Crippen molar-refractivity contribution < 1.29 is 47.8 Å². The molecule has 1 saturated heterocycles. The number of hydrogen-bond acceptors (Lipinski definition) is 13. The van der Waals surface area contributed by atoms with Gasteiger partial charge in [0.15, 0.2) is 6.10 Å². The minimum absolute atomic E-state index is 0.0577. The average Bonchev–Trinajstić information content (AvgIpc) is 3.88. The number of amides is 3. The number of anilines is 2. The zero-order chi connectivity index (χ0) is 38.9. The standard InChI is InChI=1S/C30H25Cl2F2N9O10S/c31-20-21-18(54-23(20)32)9-15(37-21)24(46)38-16(10-41-8-6-35-27(41)43(50)51)25(47)36-14-3-1-13(2-4-14)12-52-29(49)40-19-5-7-42(28(48)39-19)26-30(33,34)22(45)17(11-44)53-26/h1-9,16-17,22,26,37,44-45H,10-12H2,(H,36,47)(H,38,46)(H,39,40,48,49)/t16-,17+,22+,26+/m0/s1. The van der Waals surface area contributed by atoms with Gasteiger partial charge in [-0.2, -0.15) is 13.8 Å². The van der Waals surface area contributed by atoms with Crippen molar-refractivity contribution in [1.29, 1.82) is 0 Å². The van der Waals surface area contributed by atoms with Crippen molar-refractivity contribution >= 4 is 80.1 Å². The van der Waals surface area contributed by atoms with E-state index in [1.165, 1.54) is 42.7 Å². The Balaban J connectivity index is 1.07. The number of fused-ring (bicyclic) bond motifs is 1. The summed E-state index contributed by atoms with van der Waals surface area (Å²) in [6.45, 7) is -1.58. The van der Waals surface area contributed by atoms with Gasteiger partial charge in [0.1, 0.15) is 53.5 Å². The minimum Gasteiger partial charge on any atom is -0.444 e. The molecule has 0 bridgehead atoms. The van der Waals surface area contributed by atoms with Crippen molar-refractivity contribution in [2.24, 2.45) is 0 Å². The molecule has 54 heavy (non-hydrogen) atoms. The van der Waals surface area contributed by atoms with Gasteiger partial charge in [-0.3, -0.25) is 19.5 Å². The monoisotopic (exact) mass is 811 g/mol. The molecule has 24 heteroatoms. The van der Waals surface area contributed by atoms with E-state index in [4.69, 9.17) is 37.8 Å². The summed E-state index contributed by atoms with van der Waals surface area (Å²) < 4.78 is 41.3. The lowest BCUT2D eigenvalue weighted by Gasteiger charge is -2.21. The molecule has 0 saturated carbocycles. The van der Waals surface area contributed by atoms with Gasteiger partial charge in [0, 0.05) is 11.9 Å². The van der Waals surface area contributed by atoms with Crippen LogP contribution in [0.1, 0.15) is 22.3 Å². The maximum Gasteiger partial charge on any atom is 0.434 e. The number of nitro groups is 1. The molecule has 4 aromatic heterocycles. The second-order valence-corrected chi connectivity index (χ2v) is 13.5. The normalized spacial score (nSPS) is 18.3. The Bertz CT molecular complexity index is 2300. The van der Waals surface area contributed by atoms with Crippen molar-refractivity contribution in [3.8, 4) is 0 Å². The smallest absolute Gasteiger partial charge is 0.434 e. The maximum atomic E-state index is 14.4. The molecule has 1 aromatic carbocycles. The average molecular weight is 813 g/mol. The van der Waals surface area contributed by atoms with E-state index in [2.05, 4.69) is 30.9 Å². The van der Waals surface area contributed by atoms with Gasteiger partial charge >= 0.3 is 23.7 Å². The first-order valence-electron chi connectivity index (χ1n) is 15.3. The third-order valence-electron chi connectivity index (χ3n) is 7.94.